The predicted octanol–water partition coefficient (Wildman–Crippen LogP) is 2.86. The number of hydrogen-bond donors (Lipinski definition) is 0. The number of carbonyl (C=O) groups is 2. The minimum Gasteiger partial charge on any atom is -0.465 e. The zero-order valence-corrected chi connectivity index (χ0v) is 14.0. The highest BCUT2D eigenvalue weighted by Crippen LogP contribution is 2.25. The molecule has 1 aliphatic heterocycles. The van der Waals surface area contributed by atoms with Crippen LogP contribution in [0.15, 0.2) is 24.3 Å². The number of hydrogen-bond acceptors (Lipinski definition) is 5. The number of ketones is 1. The molecule has 0 amide bonds. The van der Waals surface area contributed by atoms with Crippen LogP contribution in [0.25, 0.3) is 0 Å². The number of rotatable bonds is 7. The molecule has 0 aliphatic carbocycles. The zero-order valence-electron chi connectivity index (χ0n) is 14.0. The summed E-state index contributed by atoms with van der Waals surface area (Å²) in [6, 6.07) is 7.14. The number of carbonyl (C=O) groups excluding carboxylic acids is 2. The van der Waals surface area contributed by atoms with Crippen LogP contribution in [0.4, 0.5) is 0 Å². The van der Waals surface area contributed by atoms with Gasteiger partial charge in [-0.15, -0.1) is 0 Å². The lowest BCUT2D eigenvalue weighted by Crippen LogP contribution is -2.31. The van der Waals surface area contributed by atoms with E-state index in [1.54, 1.807) is 19.1 Å². The fourth-order valence-corrected chi connectivity index (χ4v) is 2.47. The van der Waals surface area contributed by atoms with Gasteiger partial charge in [0.1, 0.15) is 0 Å². The maximum Gasteiger partial charge on any atom is 0.315 e. The molecule has 0 atom stereocenters. The van der Waals surface area contributed by atoms with E-state index in [1.165, 1.54) is 0 Å². The van der Waals surface area contributed by atoms with Gasteiger partial charge in [0.25, 0.3) is 0 Å². The second-order valence-corrected chi connectivity index (χ2v) is 6.06. The van der Waals surface area contributed by atoms with Crippen molar-refractivity contribution < 1.29 is 23.8 Å². The normalized spacial score (nSPS) is 15.6. The van der Waals surface area contributed by atoms with E-state index in [4.69, 9.17) is 14.2 Å². The molecular weight excluding hydrogens is 296 g/mol. The van der Waals surface area contributed by atoms with E-state index in [2.05, 4.69) is 0 Å². The number of ether oxygens (including phenoxy) is 3. The van der Waals surface area contributed by atoms with Gasteiger partial charge in [-0.2, -0.15) is 0 Å². The van der Waals surface area contributed by atoms with Crippen molar-refractivity contribution in [3.05, 3.63) is 35.4 Å². The van der Waals surface area contributed by atoms with Gasteiger partial charge in [-0.25, -0.2) is 0 Å². The largest absolute Gasteiger partial charge is 0.465 e. The number of esters is 1. The van der Waals surface area contributed by atoms with Gasteiger partial charge in [-0.1, -0.05) is 24.3 Å². The fourth-order valence-electron chi connectivity index (χ4n) is 2.47. The van der Waals surface area contributed by atoms with E-state index >= 15 is 0 Å². The summed E-state index contributed by atoms with van der Waals surface area (Å²) in [4.78, 5) is 24.2. The Morgan fingerprint density at radius 1 is 1.17 bits per heavy atom. The van der Waals surface area contributed by atoms with Crippen LogP contribution >= 0.6 is 0 Å². The molecule has 0 saturated carbocycles. The summed E-state index contributed by atoms with van der Waals surface area (Å²) in [5.41, 5.74) is 0.727. The molecule has 1 heterocycles. The van der Waals surface area contributed by atoms with Gasteiger partial charge in [0, 0.05) is 18.4 Å². The van der Waals surface area contributed by atoms with Crippen LogP contribution in [0.1, 0.15) is 49.5 Å². The second-order valence-electron chi connectivity index (χ2n) is 6.06. The maximum absolute atomic E-state index is 12.2. The highest BCUT2D eigenvalue weighted by molar-refractivity contribution is 5.96. The molecule has 0 aromatic heterocycles. The summed E-state index contributed by atoms with van der Waals surface area (Å²) in [6.07, 6.45) is 0.682. The van der Waals surface area contributed by atoms with E-state index in [0.717, 1.165) is 5.56 Å². The van der Waals surface area contributed by atoms with E-state index in [0.29, 0.717) is 38.2 Å². The first-order chi connectivity index (χ1) is 10.9. The van der Waals surface area contributed by atoms with Crippen LogP contribution in [0.5, 0.6) is 0 Å². The molecule has 5 nitrogen and oxygen atoms in total. The van der Waals surface area contributed by atoms with Gasteiger partial charge in [0.15, 0.2) is 12.1 Å². The van der Waals surface area contributed by atoms with Crippen molar-refractivity contribution in [3.63, 3.8) is 0 Å². The minimum atomic E-state index is -0.733. The van der Waals surface area contributed by atoms with Crippen LogP contribution in [0.2, 0.25) is 0 Å². The SMILES string of the molecule is CCOC(=O)C(C)(C)c1ccc(C(=O)CCC2OCCO2)cc1. The Balaban J connectivity index is 1.97. The summed E-state index contributed by atoms with van der Waals surface area (Å²) in [7, 11) is 0. The van der Waals surface area contributed by atoms with Crippen molar-refractivity contribution in [2.24, 2.45) is 0 Å². The third-order valence-electron chi connectivity index (χ3n) is 4.01. The Morgan fingerprint density at radius 3 is 2.35 bits per heavy atom. The third-order valence-corrected chi connectivity index (χ3v) is 4.01. The molecular formula is C18H24O5. The molecule has 0 radical (unpaired) electrons. The quantitative estimate of drug-likeness (QED) is 0.571. The molecule has 0 N–H and O–H groups in total. The lowest BCUT2D eigenvalue weighted by Gasteiger charge is -2.23. The number of benzene rings is 1. The summed E-state index contributed by atoms with van der Waals surface area (Å²) in [6.45, 7) is 6.96. The van der Waals surface area contributed by atoms with Crippen LogP contribution in [-0.2, 0) is 24.4 Å². The Hall–Kier alpha value is -1.72. The minimum absolute atomic E-state index is 0.0459. The molecule has 0 spiro atoms. The molecule has 0 bridgehead atoms. The van der Waals surface area contributed by atoms with E-state index in [1.807, 2.05) is 26.0 Å². The van der Waals surface area contributed by atoms with E-state index < -0.39 is 5.41 Å². The van der Waals surface area contributed by atoms with Crippen molar-refractivity contribution in [3.8, 4) is 0 Å². The van der Waals surface area contributed by atoms with Crippen molar-refractivity contribution in [2.75, 3.05) is 19.8 Å². The summed E-state index contributed by atoms with van der Waals surface area (Å²) < 4.78 is 15.8. The molecule has 126 valence electrons. The molecule has 2 rings (SSSR count). The topological polar surface area (TPSA) is 61.8 Å². The monoisotopic (exact) mass is 320 g/mol. The molecule has 1 fully saturated rings. The standard InChI is InChI=1S/C18H24O5/c1-4-21-17(20)18(2,3)14-7-5-13(6-8-14)15(19)9-10-16-22-11-12-23-16/h5-8,16H,4,9-12H2,1-3H3. The van der Waals surface area contributed by atoms with Gasteiger partial charge in [-0.3, -0.25) is 9.59 Å². The van der Waals surface area contributed by atoms with Crippen molar-refractivity contribution >= 4 is 11.8 Å². The van der Waals surface area contributed by atoms with Crippen LogP contribution in [-0.4, -0.2) is 37.9 Å². The summed E-state index contributed by atoms with van der Waals surface area (Å²) in [5.74, 6) is -0.223. The molecule has 1 aliphatic rings. The van der Waals surface area contributed by atoms with Crippen LogP contribution in [0.3, 0.4) is 0 Å². The lowest BCUT2D eigenvalue weighted by molar-refractivity contribution is -0.148. The van der Waals surface area contributed by atoms with Gasteiger partial charge < -0.3 is 14.2 Å². The van der Waals surface area contributed by atoms with Gasteiger partial charge >= 0.3 is 5.97 Å². The molecule has 1 saturated heterocycles. The highest BCUT2D eigenvalue weighted by atomic mass is 16.7. The average Bonchev–Trinajstić information content (AvgIpc) is 3.06. The number of Topliss-reactive ketones (excluding diaryl/α,β-unsaturated/α-hetero) is 1. The molecule has 1 aromatic carbocycles. The Bertz CT molecular complexity index is 541. The van der Waals surface area contributed by atoms with E-state index in [9.17, 15) is 9.59 Å². The van der Waals surface area contributed by atoms with Gasteiger partial charge in [-0.05, 0) is 26.3 Å². The first-order valence-corrected chi connectivity index (χ1v) is 7.99. The van der Waals surface area contributed by atoms with Crippen LogP contribution in [0, 0.1) is 0 Å². The Labute approximate surface area is 136 Å². The molecule has 23 heavy (non-hydrogen) atoms. The predicted molar refractivity (Wildman–Crippen MR) is 85.4 cm³/mol. The smallest absolute Gasteiger partial charge is 0.315 e. The van der Waals surface area contributed by atoms with Crippen molar-refractivity contribution in [2.45, 2.75) is 45.3 Å². The van der Waals surface area contributed by atoms with Gasteiger partial charge in [0.2, 0.25) is 0 Å². The lowest BCUT2D eigenvalue weighted by atomic mass is 9.84. The van der Waals surface area contributed by atoms with E-state index in [-0.39, 0.29) is 18.0 Å². The first-order valence-electron chi connectivity index (χ1n) is 7.99. The maximum atomic E-state index is 12.2. The Morgan fingerprint density at radius 2 is 1.78 bits per heavy atom. The Kier molecular flexibility index (Phi) is 5.91. The first kappa shape index (κ1) is 17.6. The molecule has 1 aromatic rings. The highest BCUT2D eigenvalue weighted by Gasteiger charge is 2.31. The second kappa shape index (κ2) is 7.70. The van der Waals surface area contributed by atoms with Gasteiger partial charge in [0.05, 0.1) is 25.2 Å². The average molecular weight is 320 g/mol. The molecule has 5 heteroatoms. The van der Waals surface area contributed by atoms with Crippen LogP contribution < -0.4 is 0 Å². The van der Waals surface area contributed by atoms with Crippen molar-refractivity contribution in [1.82, 2.24) is 0 Å². The third kappa shape index (κ3) is 4.39. The fraction of sp³-hybridized carbons (Fsp3) is 0.556. The molecule has 0 unspecified atom stereocenters. The summed E-state index contributed by atoms with van der Waals surface area (Å²) >= 11 is 0. The summed E-state index contributed by atoms with van der Waals surface area (Å²) in [5, 5.41) is 0. The van der Waals surface area contributed by atoms with Crippen molar-refractivity contribution in [1.29, 1.82) is 0 Å². The zero-order chi connectivity index (χ0) is 16.9.